The molecule has 0 unspecified atom stereocenters. The maximum Gasteiger partial charge on any atom is 0.231 e. The molecule has 0 aliphatic carbocycles. The van der Waals surface area contributed by atoms with Crippen LogP contribution in [0.5, 0.6) is 0 Å². The Balaban J connectivity index is 1.83. The molecule has 1 aromatic carbocycles. The van der Waals surface area contributed by atoms with Crippen LogP contribution in [0.4, 0.5) is 0 Å². The van der Waals surface area contributed by atoms with Crippen molar-refractivity contribution in [3.8, 4) is 0 Å². The number of nitrogens with two attached hydrogens (primary N) is 1. The monoisotopic (exact) mass is 307 g/mol. The van der Waals surface area contributed by atoms with Crippen molar-refractivity contribution in [3.05, 3.63) is 29.8 Å². The van der Waals surface area contributed by atoms with Crippen LogP contribution in [-0.2, 0) is 4.79 Å². The summed E-state index contributed by atoms with van der Waals surface area (Å²) < 4.78 is 0. The summed E-state index contributed by atoms with van der Waals surface area (Å²) in [5.41, 5.74) is 6.68. The van der Waals surface area contributed by atoms with Gasteiger partial charge in [0.05, 0.1) is 6.54 Å². The van der Waals surface area contributed by atoms with E-state index in [9.17, 15) is 4.79 Å². The minimum absolute atomic E-state index is 0.228. The topological polar surface area (TPSA) is 58.4 Å². The molecule has 1 aliphatic rings. The first-order chi connectivity index (χ1) is 10.1. The maximum absolute atomic E-state index is 11.3. The fourth-order valence-electron chi connectivity index (χ4n) is 2.68. The van der Waals surface area contributed by atoms with Gasteiger partial charge in [0.25, 0.3) is 0 Å². The molecule has 0 spiro atoms. The summed E-state index contributed by atoms with van der Waals surface area (Å²) in [5, 5.41) is 3.36. The van der Waals surface area contributed by atoms with E-state index in [1.54, 1.807) is 0 Å². The first kappa shape index (κ1) is 16.3. The zero-order valence-electron chi connectivity index (χ0n) is 12.7. The van der Waals surface area contributed by atoms with Crippen LogP contribution in [0.25, 0.3) is 0 Å². The van der Waals surface area contributed by atoms with Gasteiger partial charge in [-0.25, -0.2) is 0 Å². The standard InChI is InChI=1S/C16H25N3OS/c1-13-2-4-15(5-3-13)21-11-10-19(12-16(17)20)14-6-8-18-9-7-14/h2-5,14,18H,6-12H2,1H3,(H2,17,20). The predicted octanol–water partition coefficient (Wildman–Crippen LogP) is 1.63. The van der Waals surface area contributed by atoms with Crippen molar-refractivity contribution < 1.29 is 4.79 Å². The van der Waals surface area contributed by atoms with Gasteiger partial charge in [0.15, 0.2) is 0 Å². The van der Waals surface area contributed by atoms with Crippen LogP contribution in [0, 0.1) is 6.92 Å². The molecule has 3 N–H and O–H groups in total. The van der Waals surface area contributed by atoms with Crippen molar-refractivity contribution in [3.63, 3.8) is 0 Å². The summed E-state index contributed by atoms with van der Waals surface area (Å²) in [6.45, 7) is 5.45. The van der Waals surface area contributed by atoms with Crippen LogP contribution in [0.2, 0.25) is 0 Å². The van der Waals surface area contributed by atoms with Crippen molar-refractivity contribution in [2.24, 2.45) is 5.73 Å². The molecule has 2 rings (SSSR count). The molecule has 1 aromatic rings. The number of hydrogen-bond acceptors (Lipinski definition) is 4. The highest BCUT2D eigenvalue weighted by Gasteiger charge is 2.21. The highest BCUT2D eigenvalue weighted by Crippen LogP contribution is 2.19. The zero-order valence-corrected chi connectivity index (χ0v) is 13.5. The van der Waals surface area contributed by atoms with E-state index in [0.717, 1.165) is 38.2 Å². The number of rotatable bonds is 7. The number of aryl methyl sites for hydroxylation is 1. The average Bonchev–Trinajstić information content (AvgIpc) is 2.49. The van der Waals surface area contributed by atoms with Crippen molar-refractivity contribution in [1.82, 2.24) is 10.2 Å². The molecule has 0 bridgehead atoms. The van der Waals surface area contributed by atoms with Crippen LogP contribution in [-0.4, -0.2) is 48.8 Å². The Hall–Kier alpha value is -1.04. The van der Waals surface area contributed by atoms with Gasteiger partial charge in [-0.3, -0.25) is 9.69 Å². The molecule has 1 amide bonds. The summed E-state index contributed by atoms with van der Waals surface area (Å²) in [7, 11) is 0. The maximum atomic E-state index is 11.3. The first-order valence-corrected chi connectivity index (χ1v) is 8.56. The highest BCUT2D eigenvalue weighted by molar-refractivity contribution is 7.99. The molecule has 1 fully saturated rings. The van der Waals surface area contributed by atoms with E-state index < -0.39 is 0 Å². The Morgan fingerprint density at radius 2 is 2.00 bits per heavy atom. The Labute approximate surface area is 131 Å². The summed E-state index contributed by atoms with van der Waals surface area (Å²) >= 11 is 1.84. The molecule has 5 heteroatoms. The normalized spacial score (nSPS) is 16.3. The van der Waals surface area contributed by atoms with E-state index in [2.05, 4.69) is 41.4 Å². The Morgan fingerprint density at radius 3 is 2.62 bits per heavy atom. The summed E-state index contributed by atoms with van der Waals surface area (Å²) in [5.74, 6) is 0.758. The number of nitrogens with zero attached hydrogens (tertiary/aromatic N) is 1. The van der Waals surface area contributed by atoms with Gasteiger partial charge >= 0.3 is 0 Å². The van der Waals surface area contributed by atoms with Gasteiger partial charge in [0.1, 0.15) is 0 Å². The van der Waals surface area contributed by atoms with Gasteiger partial charge in [0.2, 0.25) is 5.91 Å². The second-order valence-electron chi connectivity index (χ2n) is 5.58. The van der Waals surface area contributed by atoms with Crippen molar-refractivity contribution in [2.75, 3.05) is 31.9 Å². The molecule has 1 saturated heterocycles. The lowest BCUT2D eigenvalue weighted by Crippen LogP contribution is -2.47. The molecule has 0 atom stereocenters. The van der Waals surface area contributed by atoms with Gasteiger partial charge in [-0.15, -0.1) is 11.8 Å². The van der Waals surface area contributed by atoms with E-state index >= 15 is 0 Å². The molecule has 116 valence electrons. The lowest BCUT2D eigenvalue weighted by Gasteiger charge is -2.33. The molecule has 1 heterocycles. The molecule has 0 aromatic heterocycles. The molecular formula is C16H25N3OS. The largest absolute Gasteiger partial charge is 0.369 e. The van der Waals surface area contributed by atoms with E-state index in [1.165, 1.54) is 10.5 Å². The van der Waals surface area contributed by atoms with Crippen LogP contribution in [0.3, 0.4) is 0 Å². The van der Waals surface area contributed by atoms with E-state index in [1.807, 2.05) is 11.8 Å². The summed E-state index contributed by atoms with van der Waals surface area (Å²) in [6.07, 6.45) is 2.20. The van der Waals surface area contributed by atoms with Crippen LogP contribution < -0.4 is 11.1 Å². The lowest BCUT2D eigenvalue weighted by atomic mass is 10.0. The lowest BCUT2D eigenvalue weighted by molar-refractivity contribution is -0.119. The van der Waals surface area contributed by atoms with E-state index in [4.69, 9.17) is 5.73 Å². The van der Waals surface area contributed by atoms with Gasteiger partial charge in [-0.05, 0) is 45.0 Å². The predicted molar refractivity (Wildman–Crippen MR) is 88.6 cm³/mol. The summed E-state index contributed by atoms with van der Waals surface area (Å²) in [6, 6.07) is 9.07. The number of nitrogens with one attached hydrogen (secondary N) is 1. The number of thioether (sulfide) groups is 1. The van der Waals surface area contributed by atoms with E-state index in [0.29, 0.717) is 12.6 Å². The molecule has 0 saturated carbocycles. The average molecular weight is 307 g/mol. The number of carbonyl (C=O) groups excluding carboxylic acids is 1. The second kappa shape index (κ2) is 8.41. The number of benzene rings is 1. The van der Waals surface area contributed by atoms with Crippen LogP contribution in [0.1, 0.15) is 18.4 Å². The van der Waals surface area contributed by atoms with Gasteiger partial charge in [-0.2, -0.15) is 0 Å². The number of piperidine rings is 1. The Kier molecular flexibility index (Phi) is 6.54. The number of amides is 1. The fourth-order valence-corrected chi connectivity index (χ4v) is 3.57. The Bertz CT molecular complexity index is 443. The quantitative estimate of drug-likeness (QED) is 0.752. The number of primary amides is 1. The SMILES string of the molecule is Cc1ccc(SCCN(CC(N)=O)C2CCNCC2)cc1. The van der Waals surface area contributed by atoms with Crippen LogP contribution in [0.15, 0.2) is 29.2 Å². The first-order valence-electron chi connectivity index (χ1n) is 7.57. The third-order valence-corrected chi connectivity index (χ3v) is 4.84. The molecule has 21 heavy (non-hydrogen) atoms. The fraction of sp³-hybridized carbons (Fsp3) is 0.562. The van der Waals surface area contributed by atoms with Crippen molar-refractivity contribution in [2.45, 2.75) is 30.7 Å². The minimum atomic E-state index is -0.228. The third-order valence-electron chi connectivity index (χ3n) is 3.85. The van der Waals surface area contributed by atoms with Crippen LogP contribution >= 0.6 is 11.8 Å². The van der Waals surface area contributed by atoms with E-state index in [-0.39, 0.29) is 5.91 Å². The molecular weight excluding hydrogens is 282 g/mol. The molecule has 4 nitrogen and oxygen atoms in total. The van der Waals surface area contributed by atoms with Gasteiger partial charge in [0, 0.05) is 23.2 Å². The zero-order chi connectivity index (χ0) is 15.1. The molecule has 0 radical (unpaired) electrons. The second-order valence-corrected chi connectivity index (χ2v) is 6.75. The van der Waals surface area contributed by atoms with Crippen molar-refractivity contribution >= 4 is 17.7 Å². The number of hydrogen-bond donors (Lipinski definition) is 2. The van der Waals surface area contributed by atoms with Crippen molar-refractivity contribution in [1.29, 1.82) is 0 Å². The smallest absolute Gasteiger partial charge is 0.231 e. The minimum Gasteiger partial charge on any atom is -0.369 e. The Morgan fingerprint density at radius 1 is 1.33 bits per heavy atom. The number of carbonyl (C=O) groups is 1. The third kappa shape index (κ3) is 5.69. The van der Waals surface area contributed by atoms with Gasteiger partial charge < -0.3 is 11.1 Å². The van der Waals surface area contributed by atoms with Gasteiger partial charge in [-0.1, -0.05) is 17.7 Å². The molecule has 1 aliphatic heterocycles. The highest BCUT2D eigenvalue weighted by atomic mass is 32.2. The summed E-state index contributed by atoms with van der Waals surface area (Å²) in [4.78, 5) is 14.8.